The van der Waals surface area contributed by atoms with E-state index < -0.39 is 0 Å². The van der Waals surface area contributed by atoms with E-state index in [9.17, 15) is 9.90 Å². The second-order valence-corrected chi connectivity index (χ2v) is 5.64. The number of ether oxygens (including phenoxy) is 3. The maximum atomic E-state index is 12.0. The molecule has 0 aliphatic heterocycles. The normalized spacial score (nSPS) is 10.6. The minimum atomic E-state index is -0.332. The molecule has 138 valence electrons. The van der Waals surface area contributed by atoms with Crippen LogP contribution in [0.2, 0.25) is 5.02 Å². The van der Waals surface area contributed by atoms with Gasteiger partial charge in [-0.3, -0.25) is 4.79 Å². The number of hydrogen-bond acceptors (Lipinski definition) is 6. The van der Waals surface area contributed by atoms with E-state index in [1.807, 2.05) is 0 Å². The molecule has 2 aromatic carbocycles. The quantitative estimate of drug-likeness (QED) is 0.571. The Labute approximate surface area is 156 Å². The van der Waals surface area contributed by atoms with Crippen LogP contribution in [0.15, 0.2) is 35.4 Å². The van der Waals surface area contributed by atoms with E-state index in [2.05, 4.69) is 10.5 Å². The van der Waals surface area contributed by atoms with Gasteiger partial charge in [-0.2, -0.15) is 5.10 Å². The first-order chi connectivity index (χ1) is 12.5. The highest BCUT2D eigenvalue weighted by Gasteiger charge is 2.10. The number of methoxy groups -OCH3 is 3. The number of nitrogens with one attached hydrogen (secondary N) is 1. The number of carbonyl (C=O) groups excluding carboxylic acids is 1. The number of aromatic hydroxyl groups is 1. The summed E-state index contributed by atoms with van der Waals surface area (Å²) >= 11 is 5.94. The molecule has 0 aromatic heterocycles. The van der Waals surface area contributed by atoms with E-state index in [4.69, 9.17) is 25.8 Å². The molecular formula is C18H19ClN2O5. The highest BCUT2D eigenvalue weighted by atomic mass is 35.5. The summed E-state index contributed by atoms with van der Waals surface area (Å²) in [6, 6.07) is 8.18. The van der Waals surface area contributed by atoms with Crippen LogP contribution >= 0.6 is 11.6 Å². The Hall–Kier alpha value is -2.93. The largest absolute Gasteiger partial charge is 0.504 e. The number of hydrogen-bond donors (Lipinski definition) is 2. The van der Waals surface area contributed by atoms with Crippen LogP contribution in [-0.2, 0) is 11.2 Å². The molecule has 0 saturated heterocycles. The number of carbonyl (C=O) groups is 1. The molecular weight excluding hydrogens is 360 g/mol. The Morgan fingerprint density at radius 1 is 1.12 bits per heavy atom. The molecule has 1 amide bonds. The predicted octanol–water partition coefficient (Wildman–Crippen LogP) is 2.76. The van der Waals surface area contributed by atoms with Gasteiger partial charge in [0.05, 0.1) is 34.0 Å². The Bertz CT molecular complexity index is 823. The van der Waals surface area contributed by atoms with Crippen molar-refractivity contribution in [2.24, 2.45) is 5.10 Å². The number of nitrogens with zero attached hydrogens (tertiary/aromatic N) is 1. The van der Waals surface area contributed by atoms with Crippen LogP contribution < -0.4 is 19.6 Å². The van der Waals surface area contributed by atoms with Gasteiger partial charge < -0.3 is 19.3 Å². The van der Waals surface area contributed by atoms with Gasteiger partial charge in [-0.1, -0.05) is 17.7 Å². The Morgan fingerprint density at radius 2 is 1.81 bits per heavy atom. The number of amides is 1. The fourth-order valence-electron chi connectivity index (χ4n) is 2.24. The Balaban J connectivity index is 2.03. The van der Waals surface area contributed by atoms with Crippen molar-refractivity contribution in [1.29, 1.82) is 0 Å². The molecule has 0 heterocycles. The molecule has 0 bridgehead atoms. The van der Waals surface area contributed by atoms with E-state index in [-0.39, 0.29) is 23.8 Å². The summed E-state index contributed by atoms with van der Waals surface area (Å²) < 4.78 is 15.4. The summed E-state index contributed by atoms with van der Waals surface area (Å²) in [5.74, 6) is 0.893. The van der Waals surface area contributed by atoms with Crippen LogP contribution in [-0.4, -0.2) is 38.6 Å². The van der Waals surface area contributed by atoms with Crippen LogP contribution in [0.5, 0.6) is 23.0 Å². The van der Waals surface area contributed by atoms with E-state index in [0.29, 0.717) is 22.1 Å². The lowest BCUT2D eigenvalue weighted by atomic mass is 10.1. The number of benzene rings is 2. The minimum absolute atomic E-state index is 0.0997. The maximum Gasteiger partial charge on any atom is 0.244 e. The predicted molar refractivity (Wildman–Crippen MR) is 98.7 cm³/mol. The Kier molecular flexibility index (Phi) is 6.68. The van der Waals surface area contributed by atoms with Crippen LogP contribution in [0.25, 0.3) is 0 Å². The zero-order valence-electron chi connectivity index (χ0n) is 14.6. The van der Waals surface area contributed by atoms with Crippen molar-refractivity contribution < 1.29 is 24.1 Å². The SMILES string of the molecule is COc1ccc(CC(=O)N/N=C/c2cc(Cl)cc(OC)c2O)cc1OC. The number of hydrazone groups is 1. The lowest BCUT2D eigenvalue weighted by molar-refractivity contribution is -0.120. The van der Waals surface area contributed by atoms with Gasteiger partial charge >= 0.3 is 0 Å². The molecule has 0 atom stereocenters. The van der Waals surface area contributed by atoms with E-state index >= 15 is 0 Å². The van der Waals surface area contributed by atoms with E-state index in [1.165, 1.54) is 32.6 Å². The molecule has 0 unspecified atom stereocenters. The van der Waals surface area contributed by atoms with Crippen LogP contribution in [0.3, 0.4) is 0 Å². The zero-order valence-corrected chi connectivity index (χ0v) is 15.3. The number of halogens is 1. The summed E-state index contributed by atoms with van der Waals surface area (Å²) in [5, 5.41) is 14.2. The van der Waals surface area contributed by atoms with Gasteiger partial charge in [0.25, 0.3) is 0 Å². The molecule has 0 aliphatic rings. The molecule has 0 aliphatic carbocycles. The van der Waals surface area contributed by atoms with Crippen molar-refractivity contribution in [1.82, 2.24) is 5.43 Å². The maximum absolute atomic E-state index is 12.0. The molecule has 2 N–H and O–H groups in total. The first kappa shape index (κ1) is 19.4. The molecule has 0 fully saturated rings. The summed E-state index contributed by atoms with van der Waals surface area (Å²) in [5.41, 5.74) is 3.45. The topological polar surface area (TPSA) is 89.4 Å². The van der Waals surface area contributed by atoms with Crippen molar-refractivity contribution in [2.75, 3.05) is 21.3 Å². The Morgan fingerprint density at radius 3 is 2.46 bits per heavy atom. The highest BCUT2D eigenvalue weighted by Crippen LogP contribution is 2.32. The van der Waals surface area contributed by atoms with Gasteiger partial charge in [-0.05, 0) is 23.8 Å². The summed E-state index contributed by atoms with van der Waals surface area (Å²) in [4.78, 5) is 12.0. The fraction of sp³-hybridized carbons (Fsp3) is 0.222. The molecule has 7 nitrogen and oxygen atoms in total. The van der Waals surface area contributed by atoms with Crippen molar-refractivity contribution in [3.8, 4) is 23.0 Å². The van der Waals surface area contributed by atoms with Crippen LogP contribution in [0.1, 0.15) is 11.1 Å². The molecule has 8 heteroatoms. The third kappa shape index (κ3) is 4.80. The van der Waals surface area contributed by atoms with Crippen molar-refractivity contribution in [2.45, 2.75) is 6.42 Å². The smallest absolute Gasteiger partial charge is 0.244 e. The lowest BCUT2D eigenvalue weighted by Crippen LogP contribution is -2.19. The third-order valence-corrected chi connectivity index (χ3v) is 3.71. The van der Waals surface area contributed by atoms with Crippen molar-refractivity contribution >= 4 is 23.7 Å². The molecule has 0 saturated carbocycles. The van der Waals surface area contributed by atoms with Gasteiger partial charge in [-0.15, -0.1) is 0 Å². The number of phenolic OH excluding ortho intramolecular Hbond substituents is 1. The van der Waals surface area contributed by atoms with E-state index in [0.717, 1.165) is 5.56 Å². The van der Waals surface area contributed by atoms with Crippen molar-refractivity contribution in [3.05, 3.63) is 46.5 Å². The van der Waals surface area contributed by atoms with Gasteiger partial charge in [0.2, 0.25) is 5.91 Å². The third-order valence-electron chi connectivity index (χ3n) is 3.49. The van der Waals surface area contributed by atoms with Gasteiger partial charge in [-0.25, -0.2) is 5.43 Å². The summed E-state index contributed by atoms with van der Waals surface area (Å²) in [6.45, 7) is 0. The average molecular weight is 379 g/mol. The van der Waals surface area contributed by atoms with Gasteiger partial charge in [0.15, 0.2) is 23.0 Å². The zero-order chi connectivity index (χ0) is 19.1. The lowest BCUT2D eigenvalue weighted by Gasteiger charge is -2.09. The molecule has 0 spiro atoms. The molecule has 2 aromatic rings. The first-order valence-corrected chi connectivity index (χ1v) is 7.95. The van der Waals surface area contributed by atoms with Crippen LogP contribution in [0, 0.1) is 0 Å². The number of phenols is 1. The minimum Gasteiger partial charge on any atom is -0.504 e. The van der Waals surface area contributed by atoms with E-state index in [1.54, 1.807) is 25.3 Å². The van der Waals surface area contributed by atoms with Crippen LogP contribution in [0.4, 0.5) is 0 Å². The summed E-state index contributed by atoms with van der Waals surface area (Å²) in [6.07, 6.45) is 1.39. The standard InChI is InChI=1S/C18H19ClN2O5/c1-24-14-5-4-11(6-15(14)25-2)7-17(22)21-20-10-12-8-13(19)9-16(26-3)18(12)23/h4-6,8-10,23H,7H2,1-3H3,(H,21,22)/b20-10+. The molecule has 26 heavy (non-hydrogen) atoms. The second-order valence-electron chi connectivity index (χ2n) is 5.21. The fourth-order valence-corrected chi connectivity index (χ4v) is 2.45. The average Bonchev–Trinajstić information content (AvgIpc) is 2.63. The second kappa shape index (κ2) is 8.96. The molecule has 2 rings (SSSR count). The van der Waals surface area contributed by atoms with Gasteiger partial charge in [0, 0.05) is 16.7 Å². The van der Waals surface area contributed by atoms with Gasteiger partial charge in [0.1, 0.15) is 0 Å². The monoisotopic (exact) mass is 378 g/mol. The highest BCUT2D eigenvalue weighted by molar-refractivity contribution is 6.31. The summed E-state index contributed by atoms with van der Waals surface area (Å²) in [7, 11) is 4.48. The molecule has 0 radical (unpaired) electrons. The van der Waals surface area contributed by atoms with Crippen molar-refractivity contribution in [3.63, 3.8) is 0 Å². The first-order valence-electron chi connectivity index (χ1n) is 7.57. The number of rotatable bonds is 7.